The van der Waals surface area contributed by atoms with Crippen LogP contribution < -0.4 is 4.72 Å². The summed E-state index contributed by atoms with van der Waals surface area (Å²) in [5.74, 6) is 0.279. The summed E-state index contributed by atoms with van der Waals surface area (Å²) in [7, 11) is -3.61. The predicted molar refractivity (Wildman–Crippen MR) is 81.7 cm³/mol. The van der Waals surface area contributed by atoms with Gasteiger partial charge in [-0.05, 0) is 49.2 Å². The molecule has 0 fully saturated rings. The Balaban J connectivity index is 1.80. The molecule has 0 saturated heterocycles. The molecule has 3 aromatic rings. The van der Waals surface area contributed by atoms with Crippen molar-refractivity contribution < 1.29 is 12.8 Å². The minimum Gasteiger partial charge on any atom is -0.437 e. The molecule has 1 N–H and O–H groups in total. The minimum atomic E-state index is -3.61. The Kier molecular flexibility index (Phi) is 3.67. The highest BCUT2D eigenvalue weighted by atomic mass is 32.2. The van der Waals surface area contributed by atoms with Crippen molar-refractivity contribution in [3.05, 3.63) is 53.5 Å². The average Bonchev–Trinajstić information content (AvgIpc) is 2.91. The van der Waals surface area contributed by atoms with Gasteiger partial charge in [0.1, 0.15) is 0 Å². The number of hydrogen-bond acceptors (Lipinski definition) is 5. The van der Waals surface area contributed by atoms with Gasteiger partial charge in [-0.15, -0.1) is 0 Å². The molecule has 22 heavy (non-hydrogen) atoms. The third-order valence-corrected chi connectivity index (χ3v) is 4.81. The van der Waals surface area contributed by atoms with Crippen LogP contribution in [-0.4, -0.2) is 18.4 Å². The number of oxazole rings is 1. The maximum Gasteiger partial charge on any atom is 0.241 e. The van der Waals surface area contributed by atoms with Gasteiger partial charge in [-0.1, -0.05) is 6.07 Å². The van der Waals surface area contributed by atoms with Crippen LogP contribution in [0.2, 0.25) is 0 Å². The first-order chi connectivity index (χ1) is 10.5. The zero-order valence-corrected chi connectivity index (χ0v) is 13.0. The van der Waals surface area contributed by atoms with E-state index in [1.54, 1.807) is 36.5 Å². The summed E-state index contributed by atoms with van der Waals surface area (Å²) in [6.45, 7) is 3.79. The Hall–Kier alpha value is -2.25. The fraction of sp³-hybridized carbons (Fsp3) is 0.200. The second kappa shape index (κ2) is 5.51. The second-order valence-electron chi connectivity index (χ2n) is 5.00. The number of rotatable bonds is 4. The van der Waals surface area contributed by atoms with E-state index in [9.17, 15) is 8.42 Å². The molecular weight excluding hydrogens is 302 g/mol. The number of fused-ring (bicyclic) bond motifs is 1. The summed E-state index contributed by atoms with van der Waals surface area (Å²) in [5.41, 5.74) is 2.96. The molecule has 0 aliphatic carbocycles. The van der Waals surface area contributed by atoms with Crippen molar-refractivity contribution in [1.29, 1.82) is 0 Å². The monoisotopic (exact) mass is 317 g/mol. The number of nitrogens with zero attached hydrogens (tertiary/aromatic N) is 2. The molecule has 0 bridgehead atoms. The number of nitrogens with one attached hydrogen (secondary N) is 1. The van der Waals surface area contributed by atoms with E-state index < -0.39 is 10.0 Å². The Morgan fingerprint density at radius 3 is 2.73 bits per heavy atom. The van der Waals surface area contributed by atoms with E-state index in [1.807, 2.05) is 13.8 Å². The van der Waals surface area contributed by atoms with Gasteiger partial charge in [-0.3, -0.25) is 0 Å². The van der Waals surface area contributed by atoms with E-state index in [4.69, 9.17) is 4.42 Å². The Morgan fingerprint density at radius 1 is 1.18 bits per heavy atom. The summed E-state index contributed by atoms with van der Waals surface area (Å²) < 4.78 is 32.5. The van der Waals surface area contributed by atoms with E-state index in [1.165, 1.54) is 0 Å². The molecule has 0 aliphatic heterocycles. The number of hydrogen-bond donors (Lipinski definition) is 1. The van der Waals surface area contributed by atoms with Crippen LogP contribution in [-0.2, 0) is 16.6 Å². The van der Waals surface area contributed by atoms with Gasteiger partial charge in [-0.25, -0.2) is 18.1 Å². The highest BCUT2D eigenvalue weighted by Crippen LogP contribution is 2.16. The topological polar surface area (TPSA) is 85.1 Å². The van der Waals surface area contributed by atoms with Crippen LogP contribution in [0.25, 0.3) is 11.2 Å². The molecule has 2 aromatic heterocycles. The molecule has 0 atom stereocenters. The maximum absolute atomic E-state index is 12.3. The minimum absolute atomic E-state index is 0.0222. The lowest BCUT2D eigenvalue weighted by atomic mass is 10.1. The molecule has 1 aromatic carbocycles. The summed E-state index contributed by atoms with van der Waals surface area (Å²) in [6.07, 6.45) is 1.61. The van der Waals surface area contributed by atoms with Crippen LogP contribution in [0.4, 0.5) is 0 Å². The van der Waals surface area contributed by atoms with Gasteiger partial charge in [0.15, 0.2) is 11.2 Å². The lowest BCUT2D eigenvalue weighted by molar-refractivity contribution is 0.513. The zero-order valence-electron chi connectivity index (χ0n) is 12.2. The lowest BCUT2D eigenvalue weighted by Crippen LogP contribution is -2.23. The molecule has 114 valence electrons. The van der Waals surface area contributed by atoms with Gasteiger partial charge in [-0.2, -0.15) is 4.98 Å². The number of benzene rings is 1. The first kappa shape index (κ1) is 14.7. The van der Waals surface area contributed by atoms with Crippen LogP contribution in [0, 0.1) is 13.8 Å². The van der Waals surface area contributed by atoms with Crippen molar-refractivity contribution in [2.24, 2.45) is 0 Å². The second-order valence-corrected chi connectivity index (χ2v) is 6.77. The van der Waals surface area contributed by atoms with Crippen LogP contribution in [0.15, 0.2) is 45.8 Å². The van der Waals surface area contributed by atoms with Gasteiger partial charge in [0.05, 0.1) is 11.4 Å². The van der Waals surface area contributed by atoms with Crippen LogP contribution in [0.1, 0.15) is 17.0 Å². The van der Waals surface area contributed by atoms with E-state index >= 15 is 0 Å². The van der Waals surface area contributed by atoms with Crippen LogP contribution in [0.5, 0.6) is 0 Å². The van der Waals surface area contributed by atoms with Crippen LogP contribution in [0.3, 0.4) is 0 Å². The third kappa shape index (κ3) is 2.86. The van der Waals surface area contributed by atoms with E-state index in [2.05, 4.69) is 14.7 Å². The number of aryl methyl sites for hydroxylation is 2. The quantitative estimate of drug-likeness (QED) is 0.798. The molecule has 6 nitrogen and oxygen atoms in total. The first-order valence-electron chi connectivity index (χ1n) is 6.73. The number of pyridine rings is 1. The van der Waals surface area contributed by atoms with Gasteiger partial charge >= 0.3 is 0 Å². The Morgan fingerprint density at radius 2 is 2.00 bits per heavy atom. The smallest absolute Gasteiger partial charge is 0.241 e. The van der Waals surface area contributed by atoms with E-state index in [0.717, 1.165) is 11.1 Å². The van der Waals surface area contributed by atoms with Crippen molar-refractivity contribution in [2.75, 3.05) is 0 Å². The molecule has 0 unspecified atom stereocenters. The number of aromatic nitrogens is 2. The van der Waals surface area contributed by atoms with Crippen molar-refractivity contribution in [3.8, 4) is 0 Å². The summed E-state index contributed by atoms with van der Waals surface area (Å²) >= 11 is 0. The predicted octanol–water partition coefficient (Wildman–Crippen LogP) is 2.32. The van der Waals surface area contributed by atoms with Crippen LogP contribution >= 0.6 is 0 Å². The van der Waals surface area contributed by atoms with Crippen molar-refractivity contribution in [2.45, 2.75) is 25.3 Å². The lowest BCUT2D eigenvalue weighted by Gasteiger charge is -2.07. The molecule has 7 heteroatoms. The molecule has 0 radical (unpaired) electrons. The van der Waals surface area contributed by atoms with Crippen molar-refractivity contribution >= 4 is 21.3 Å². The fourth-order valence-corrected chi connectivity index (χ4v) is 3.07. The van der Waals surface area contributed by atoms with Gasteiger partial charge in [0.2, 0.25) is 15.9 Å². The first-order valence-corrected chi connectivity index (χ1v) is 8.21. The average molecular weight is 317 g/mol. The van der Waals surface area contributed by atoms with E-state index in [0.29, 0.717) is 11.2 Å². The molecule has 2 heterocycles. The molecule has 0 saturated carbocycles. The van der Waals surface area contributed by atoms with Gasteiger partial charge in [0, 0.05) is 6.20 Å². The number of sulfonamides is 1. The molecule has 0 aliphatic rings. The summed E-state index contributed by atoms with van der Waals surface area (Å²) in [6, 6.07) is 8.48. The third-order valence-electron chi connectivity index (χ3n) is 3.41. The van der Waals surface area contributed by atoms with Crippen molar-refractivity contribution in [3.63, 3.8) is 0 Å². The van der Waals surface area contributed by atoms with Gasteiger partial charge in [0.25, 0.3) is 0 Å². The normalized spacial score (nSPS) is 11.9. The molecule has 3 rings (SSSR count). The zero-order chi connectivity index (χ0) is 15.7. The Bertz CT molecular complexity index is 899. The largest absolute Gasteiger partial charge is 0.437 e. The Labute approximate surface area is 128 Å². The fourth-order valence-electron chi connectivity index (χ4n) is 2.01. The highest BCUT2D eigenvalue weighted by Gasteiger charge is 2.16. The highest BCUT2D eigenvalue weighted by molar-refractivity contribution is 7.89. The standard InChI is InChI=1S/C15H15N3O3S/c1-10-5-6-12(8-11(10)2)22(19,20)17-9-14-18-15-13(21-14)4-3-7-16-15/h3-8,17H,9H2,1-2H3. The molecular formula is C15H15N3O3S. The molecule has 0 amide bonds. The SMILES string of the molecule is Cc1ccc(S(=O)(=O)NCc2nc3ncccc3o2)cc1C. The summed E-state index contributed by atoms with van der Waals surface area (Å²) in [4.78, 5) is 8.41. The van der Waals surface area contributed by atoms with Gasteiger partial charge < -0.3 is 4.42 Å². The van der Waals surface area contributed by atoms with Crippen molar-refractivity contribution in [1.82, 2.24) is 14.7 Å². The maximum atomic E-state index is 12.3. The molecule has 0 spiro atoms. The van der Waals surface area contributed by atoms with E-state index in [-0.39, 0.29) is 17.3 Å². The summed E-state index contributed by atoms with van der Waals surface area (Å²) in [5, 5.41) is 0.